The van der Waals surface area contributed by atoms with Crippen molar-refractivity contribution in [3.8, 4) is 11.8 Å². The van der Waals surface area contributed by atoms with Crippen molar-refractivity contribution in [2.24, 2.45) is 5.41 Å². The molecule has 0 bridgehead atoms. The highest BCUT2D eigenvalue weighted by molar-refractivity contribution is 6.31. The monoisotopic (exact) mass is 871 g/mol. The Morgan fingerprint density at radius 2 is 1.57 bits per heavy atom. The normalized spacial score (nSPS) is 20.5. The van der Waals surface area contributed by atoms with Gasteiger partial charge in [-0.2, -0.15) is 5.26 Å². The third kappa shape index (κ3) is 10.4. The second-order valence-corrected chi connectivity index (χ2v) is 17.6. The molecule has 0 saturated carbocycles. The van der Waals surface area contributed by atoms with Crippen LogP contribution in [0.3, 0.4) is 0 Å². The van der Waals surface area contributed by atoms with E-state index >= 15 is 8.78 Å². The number of hydrogen-bond acceptors (Lipinski definition) is 10. The van der Waals surface area contributed by atoms with Gasteiger partial charge in [0.05, 0.1) is 35.5 Å². The molecule has 60 heavy (non-hydrogen) atoms. The third-order valence-corrected chi connectivity index (χ3v) is 10.7. The Kier molecular flexibility index (Phi) is 14.2. The predicted molar refractivity (Wildman–Crippen MR) is 220 cm³/mol. The maximum Gasteiger partial charge on any atom is 0.410 e. The molecular formula is C43H49Cl2F2N5O8. The van der Waals surface area contributed by atoms with E-state index in [9.17, 15) is 24.4 Å². The molecule has 5 rings (SSSR count). The van der Waals surface area contributed by atoms with Crippen LogP contribution >= 0.6 is 23.2 Å². The fourth-order valence-electron chi connectivity index (χ4n) is 7.52. The Balaban J connectivity index is 1.30. The second-order valence-electron chi connectivity index (χ2n) is 16.8. The van der Waals surface area contributed by atoms with Gasteiger partial charge in [-0.1, -0.05) is 62.2 Å². The number of anilines is 1. The number of amides is 3. The number of hydrogen-bond donors (Lipinski definition) is 2. The summed E-state index contributed by atoms with van der Waals surface area (Å²) in [5.74, 6) is -4.36. The van der Waals surface area contributed by atoms with Crippen molar-refractivity contribution in [1.29, 1.82) is 5.26 Å². The van der Waals surface area contributed by atoms with Crippen LogP contribution in [-0.4, -0.2) is 98.1 Å². The lowest BCUT2D eigenvalue weighted by molar-refractivity contribution is -0.118. The first-order valence-corrected chi connectivity index (χ1v) is 20.1. The summed E-state index contributed by atoms with van der Waals surface area (Å²) in [7, 11) is 1.33. The van der Waals surface area contributed by atoms with E-state index in [-0.39, 0.29) is 84.0 Å². The number of ether oxygens (including phenoxy) is 4. The van der Waals surface area contributed by atoms with Crippen molar-refractivity contribution in [1.82, 2.24) is 15.1 Å². The number of carbonyl (C=O) groups excluding carboxylic acids is 4. The SMILES string of the molecule is COc1cc(C(=O)OCCOC(=O)N2CCN(C(=O)OC(C)(C)C)CC2)ccc1NC(=O)[C@@H]1N[C@@H](CC(C)(C)C)[C@](C#N)(c2ccc(Cl)cc2F)[C@H]1c1cccc(Cl)c1F. The zero-order chi connectivity index (χ0) is 44.2. The molecule has 2 aliphatic heterocycles. The molecule has 3 aromatic carbocycles. The topological polar surface area (TPSA) is 160 Å². The number of rotatable bonds is 10. The van der Waals surface area contributed by atoms with Gasteiger partial charge in [0.2, 0.25) is 5.91 Å². The minimum Gasteiger partial charge on any atom is -0.495 e. The number of halogens is 4. The zero-order valence-electron chi connectivity index (χ0n) is 34.5. The largest absolute Gasteiger partial charge is 0.495 e. The lowest BCUT2D eigenvalue weighted by Gasteiger charge is -2.37. The van der Waals surface area contributed by atoms with Gasteiger partial charge in [-0.05, 0) is 74.6 Å². The van der Waals surface area contributed by atoms with Gasteiger partial charge in [0.15, 0.2) is 0 Å². The van der Waals surface area contributed by atoms with E-state index in [4.69, 9.17) is 42.1 Å². The summed E-state index contributed by atoms with van der Waals surface area (Å²) in [6, 6.07) is 12.4. The summed E-state index contributed by atoms with van der Waals surface area (Å²) in [5.41, 5.74) is -2.87. The average molecular weight is 873 g/mol. The summed E-state index contributed by atoms with van der Waals surface area (Å²) in [4.78, 5) is 55.3. The molecule has 322 valence electrons. The molecule has 2 aliphatic rings. The first-order valence-electron chi connectivity index (χ1n) is 19.3. The van der Waals surface area contributed by atoms with Gasteiger partial charge in [-0.3, -0.25) is 4.79 Å². The van der Waals surface area contributed by atoms with E-state index in [0.29, 0.717) is 0 Å². The van der Waals surface area contributed by atoms with Crippen LogP contribution in [-0.2, 0) is 24.4 Å². The minimum absolute atomic E-state index is 0.0549. The maximum absolute atomic E-state index is 16.1. The third-order valence-electron chi connectivity index (χ3n) is 10.2. The second kappa shape index (κ2) is 18.6. The van der Waals surface area contributed by atoms with E-state index in [1.54, 1.807) is 20.8 Å². The van der Waals surface area contributed by atoms with Gasteiger partial charge >= 0.3 is 18.2 Å². The van der Waals surface area contributed by atoms with Crippen LogP contribution in [0.1, 0.15) is 75.4 Å². The lowest BCUT2D eigenvalue weighted by atomic mass is 9.62. The Labute approximate surface area is 358 Å². The van der Waals surface area contributed by atoms with Gasteiger partial charge in [0, 0.05) is 48.7 Å². The molecule has 2 heterocycles. The number of carbonyl (C=O) groups is 4. The minimum atomic E-state index is -1.84. The number of methoxy groups -OCH3 is 1. The molecule has 3 aromatic rings. The highest BCUT2D eigenvalue weighted by atomic mass is 35.5. The van der Waals surface area contributed by atoms with Crippen molar-refractivity contribution in [2.45, 2.75) is 77.0 Å². The van der Waals surface area contributed by atoms with Gasteiger partial charge in [0.25, 0.3) is 0 Å². The Bertz CT molecular complexity index is 2150. The predicted octanol–water partition coefficient (Wildman–Crippen LogP) is 8.09. The molecule has 0 spiro atoms. The molecule has 3 amide bonds. The van der Waals surface area contributed by atoms with E-state index in [0.717, 1.165) is 6.07 Å². The van der Waals surface area contributed by atoms with Gasteiger partial charge in [-0.25, -0.2) is 23.2 Å². The molecule has 0 unspecified atom stereocenters. The zero-order valence-corrected chi connectivity index (χ0v) is 36.0. The fourth-order valence-corrected chi connectivity index (χ4v) is 7.87. The highest BCUT2D eigenvalue weighted by Gasteiger charge is 2.61. The summed E-state index contributed by atoms with van der Waals surface area (Å²) in [6.45, 7) is 11.7. The first-order chi connectivity index (χ1) is 28.2. The number of nitriles is 1. The molecule has 13 nitrogen and oxygen atoms in total. The Morgan fingerprint density at radius 3 is 2.17 bits per heavy atom. The van der Waals surface area contributed by atoms with Gasteiger partial charge in [-0.15, -0.1) is 0 Å². The van der Waals surface area contributed by atoms with Crippen molar-refractivity contribution in [2.75, 3.05) is 51.8 Å². The molecule has 0 aliphatic carbocycles. The van der Waals surface area contributed by atoms with Crippen molar-refractivity contribution >= 4 is 53.0 Å². The van der Waals surface area contributed by atoms with Gasteiger partial charge < -0.3 is 39.4 Å². The molecule has 17 heteroatoms. The van der Waals surface area contributed by atoms with Crippen LogP contribution < -0.4 is 15.4 Å². The van der Waals surface area contributed by atoms with Crippen LogP contribution in [0.15, 0.2) is 54.6 Å². The number of nitrogens with one attached hydrogen (secondary N) is 2. The molecule has 4 atom stereocenters. The van der Waals surface area contributed by atoms with E-state index in [2.05, 4.69) is 16.7 Å². The van der Waals surface area contributed by atoms with E-state index < -0.39 is 70.1 Å². The molecule has 2 N–H and O–H groups in total. The maximum atomic E-state index is 16.1. The molecule has 2 fully saturated rings. The van der Waals surface area contributed by atoms with Crippen LogP contribution in [0.5, 0.6) is 5.75 Å². The van der Waals surface area contributed by atoms with Crippen LogP contribution in [0, 0.1) is 28.4 Å². The number of benzene rings is 3. The molecule has 0 radical (unpaired) electrons. The molecular weight excluding hydrogens is 823 g/mol. The quantitative estimate of drug-likeness (QED) is 0.116. The summed E-state index contributed by atoms with van der Waals surface area (Å²) in [5, 5.41) is 17.0. The first kappa shape index (κ1) is 45.9. The van der Waals surface area contributed by atoms with Crippen molar-refractivity contribution < 1.29 is 46.9 Å². The molecule has 0 aromatic heterocycles. The standard InChI is InChI=1S/C43H49Cl2F2N5O8/c1-41(2,3)23-33-43(24-48,28-13-12-26(44)22-30(28)46)34(27-9-8-10-29(45)35(27)47)36(50-33)37(53)49-31-14-11-25(21-32(31)57-7)38(54)58-19-20-59-39(55)51-15-17-52(18-16-51)40(56)60-42(4,5)6/h8-14,21-22,33-34,36,50H,15-20,23H2,1-7H3,(H,49,53)/t33-,34-,36+,43-/m0/s1. The number of esters is 1. The van der Waals surface area contributed by atoms with Crippen LogP contribution in [0.2, 0.25) is 10.0 Å². The van der Waals surface area contributed by atoms with Crippen molar-refractivity contribution in [3.63, 3.8) is 0 Å². The summed E-state index contributed by atoms with van der Waals surface area (Å²) in [6.07, 6.45) is -0.806. The number of piperazine rings is 1. The number of nitrogens with zero attached hydrogens (tertiary/aromatic N) is 3. The highest BCUT2D eigenvalue weighted by Crippen LogP contribution is 2.53. The lowest BCUT2D eigenvalue weighted by Crippen LogP contribution is -2.51. The van der Waals surface area contributed by atoms with Crippen LogP contribution in [0.4, 0.5) is 24.1 Å². The van der Waals surface area contributed by atoms with E-state index in [1.165, 1.54) is 65.4 Å². The summed E-state index contributed by atoms with van der Waals surface area (Å²) < 4.78 is 53.6. The Hall–Kier alpha value is -5.17. The average Bonchev–Trinajstić information content (AvgIpc) is 3.49. The fraction of sp³-hybridized carbons (Fsp3) is 0.465. The van der Waals surface area contributed by atoms with Crippen molar-refractivity contribution in [3.05, 3.63) is 93.0 Å². The van der Waals surface area contributed by atoms with Crippen LogP contribution in [0.25, 0.3) is 0 Å². The van der Waals surface area contributed by atoms with Gasteiger partial charge in [0.1, 0.15) is 41.6 Å². The molecule has 2 saturated heterocycles. The smallest absolute Gasteiger partial charge is 0.410 e. The van der Waals surface area contributed by atoms with E-state index in [1.807, 2.05) is 20.8 Å². The Morgan fingerprint density at radius 1 is 0.917 bits per heavy atom. The summed E-state index contributed by atoms with van der Waals surface area (Å²) >= 11 is 12.4.